The fourth-order valence-corrected chi connectivity index (χ4v) is 2.30. The number of nitrogens with zero attached hydrogens (tertiary/aromatic N) is 2. The monoisotopic (exact) mass is 328 g/mol. The first-order valence-corrected chi connectivity index (χ1v) is 7.38. The smallest absolute Gasteiger partial charge is 0.141 e. The van der Waals surface area contributed by atoms with Crippen molar-refractivity contribution in [3.8, 4) is 6.07 Å². The molecule has 1 heterocycles. The van der Waals surface area contributed by atoms with Crippen molar-refractivity contribution in [1.29, 1.82) is 5.26 Å². The summed E-state index contributed by atoms with van der Waals surface area (Å²) in [7, 11) is 1.72. The third-order valence-electron chi connectivity index (χ3n) is 3.56. The molecule has 5 N–H and O–H groups in total. The predicted octanol–water partition coefficient (Wildman–Crippen LogP) is 2.79. The molecule has 5 nitrogen and oxygen atoms in total. The average molecular weight is 328 g/mol. The normalized spacial score (nSPS) is 15.2. The summed E-state index contributed by atoms with van der Waals surface area (Å²) in [5.41, 5.74) is 7.69. The van der Waals surface area contributed by atoms with Crippen LogP contribution in [-0.2, 0) is 0 Å². The number of hydrogen-bond acceptors (Lipinski definition) is 4. The number of halogens is 1. The van der Waals surface area contributed by atoms with Gasteiger partial charge in [-0.25, -0.2) is 4.39 Å². The van der Waals surface area contributed by atoms with Gasteiger partial charge in [0.05, 0.1) is 17.4 Å². The van der Waals surface area contributed by atoms with Gasteiger partial charge >= 0.3 is 0 Å². The van der Waals surface area contributed by atoms with Crippen molar-refractivity contribution < 1.29 is 9.87 Å². The Balaban J connectivity index is 0.000000232. The molecule has 2 aromatic carbocycles. The number of aliphatic imine (C=N–C) groups is 1. The first-order valence-electron chi connectivity index (χ1n) is 7.38. The van der Waals surface area contributed by atoms with E-state index in [0.717, 1.165) is 24.4 Å². The first kappa shape index (κ1) is 19.1. The van der Waals surface area contributed by atoms with E-state index < -0.39 is 5.82 Å². The first-order chi connectivity index (χ1) is 11.1. The highest BCUT2D eigenvalue weighted by atomic mass is 19.1. The molecule has 0 fully saturated rings. The molecule has 1 aliphatic heterocycles. The minimum absolute atomic E-state index is 0. The van der Waals surface area contributed by atoms with Crippen LogP contribution in [0.25, 0.3) is 0 Å². The van der Waals surface area contributed by atoms with Crippen molar-refractivity contribution in [2.45, 2.75) is 18.9 Å². The summed E-state index contributed by atoms with van der Waals surface area (Å²) in [6.45, 7) is 0. The minimum atomic E-state index is -0.480. The number of benzene rings is 2. The number of nitriles is 1. The largest absolute Gasteiger partial charge is 0.412 e. The Kier molecular flexibility index (Phi) is 7.40. The maximum Gasteiger partial charge on any atom is 0.141 e. The molecular weight excluding hydrogens is 307 g/mol. The SMILES string of the molecule is CNc1ccc(F)c(C#N)c1.NC1=N[C@H](c2ccccc2)CC1.O. The average Bonchev–Trinajstić information content (AvgIpc) is 3.03. The highest BCUT2D eigenvalue weighted by molar-refractivity contribution is 5.82. The van der Waals surface area contributed by atoms with E-state index in [-0.39, 0.29) is 11.0 Å². The van der Waals surface area contributed by atoms with Crippen LogP contribution in [0.15, 0.2) is 53.5 Å². The Morgan fingerprint density at radius 2 is 1.96 bits per heavy atom. The lowest BCUT2D eigenvalue weighted by Crippen LogP contribution is -2.05. The summed E-state index contributed by atoms with van der Waals surface area (Å²) in [6, 6.07) is 16.7. The van der Waals surface area contributed by atoms with E-state index in [4.69, 9.17) is 11.0 Å². The van der Waals surface area contributed by atoms with E-state index in [1.807, 2.05) is 18.2 Å². The van der Waals surface area contributed by atoms with E-state index in [0.29, 0.717) is 6.04 Å². The minimum Gasteiger partial charge on any atom is -0.412 e. The molecule has 0 unspecified atom stereocenters. The lowest BCUT2D eigenvalue weighted by atomic mass is 10.1. The molecule has 1 atom stereocenters. The molecule has 3 rings (SSSR count). The van der Waals surface area contributed by atoms with Crippen LogP contribution >= 0.6 is 0 Å². The van der Waals surface area contributed by atoms with Crippen LogP contribution in [0.5, 0.6) is 0 Å². The second-order valence-electron chi connectivity index (χ2n) is 5.14. The third kappa shape index (κ3) is 5.07. The highest BCUT2D eigenvalue weighted by Gasteiger charge is 2.16. The molecule has 0 saturated carbocycles. The third-order valence-corrected chi connectivity index (χ3v) is 3.56. The fourth-order valence-electron chi connectivity index (χ4n) is 2.30. The highest BCUT2D eigenvalue weighted by Crippen LogP contribution is 2.27. The number of nitrogens with one attached hydrogen (secondary N) is 1. The quantitative estimate of drug-likeness (QED) is 0.885. The van der Waals surface area contributed by atoms with Crippen LogP contribution in [0, 0.1) is 17.1 Å². The van der Waals surface area contributed by atoms with Gasteiger partial charge in [-0.3, -0.25) is 4.99 Å². The summed E-state index contributed by atoms with van der Waals surface area (Å²) in [6.07, 6.45) is 2.01. The van der Waals surface area contributed by atoms with E-state index in [1.165, 1.54) is 17.7 Å². The molecule has 0 radical (unpaired) electrons. The lowest BCUT2D eigenvalue weighted by molar-refractivity contribution is 0.624. The summed E-state index contributed by atoms with van der Waals surface area (Å²) >= 11 is 0. The second-order valence-corrected chi connectivity index (χ2v) is 5.14. The summed E-state index contributed by atoms with van der Waals surface area (Å²) in [5.74, 6) is 0.315. The molecule has 0 bridgehead atoms. The van der Waals surface area contributed by atoms with Crippen molar-refractivity contribution in [3.63, 3.8) is 0 Å². The van der Waals surface area contributed by atoms with Crippen molar-refractivity contribution >= 4 is 11.5 Å². The second kappa shape index (κ2) is 9.28. The van der Waals surface area contributed by atoms with Crippen LogP contribution < -0.4 is 11.1 Å². The van der Waals surface area contributed by atoms with Gasteiger partial charge in [-0.15, -0.1) is 0 Å². The number of anilines is 1. The molecule has 2 aromatic rings. The molecule has 1 aliphatic rings. The van der Waals surface area contributed by atoms with Crippen LogP contribution in [0.4, 0.5) is 10.1 Å². The molecule has 126 valence electrons. The Morgan fingerprint density at radius 1 is 1.25 bits per heavy atom. The molecular formula is C18H21FN4O. The van der Waals surface area contributed by atoms with E-state index in [1.54, 1.807) is 19.2 Å². The van der Waals surface area contributed by atoms with Gasteiger partial charge in [0.25, 0.3) is 0 Å². The maximum atomic E-state index is 12.7. The summed E-state index contributed by atoms with van der Waals surface area (Å²) in [5, 5.41) is 11.2. The van der Waals surface area contributed by atoms with E-state index in [2.05, 4.69) is 22.4 Å². The summed E-state index contributed by atoms with van der Waals surface area (Å²) in [4.78, 5) is 4.35. The van der Waals surface area contributed by atoms with Crippen LogP contribution in [0.3, 0.4) is 0 Å². The number of amidine groups is 1. The zero-order chi connectivity index (χ0) is 16.7. The van der Waals surface area contributed by atoms with Gasteiger partial charge in [-0.2, -0.15) is 5.26 Å². The summed E-state index contributed by atoms with van der Waals surface area (Å²) < 4.78 is 12.7. The molecule has 0 aromatic heterocycles. The number of hydrogen-bond donors (Lipinski definition) is 2. The van der Waals surface area contributed by atoms with Crippen molar-refractivity contribution in [1.82, 2.24) is 0 Å². The van der Waals surface area contributed by atoms with Gasteiger partial charge in [0.15, 0.2) is 0 Å². The Labute approximate surface area is 141 Å². The van der Waals surface area contributed by atoms with Crippen LogP contribution in [0.1, 0.15) is 30.0 Å². The van der Waals surface area contributed by atoms with Gasteiger partial charge in [0, 0.05) is 19.2 Å². The van der Waals surface area contributed by atoms with E-state index >= 15 is 0 Å². The van der Waals surface area contributed by atoms with Crippen molar-refractivity contribution in [2.24, 2.45) is 10.7 Å². The van der Waals surface area contributed by atoms with Gasteiger partial charge < -0.3 is 16.5 Å². The molecule has 0 spiro atoms. The zero-order valence-electron chi connectivity index (χ0n) is 13.5. The topological polar surface area (TPSA) is 106 Å². The van der Waals surface area contributed by atoms with Gasteiger partial charge in [0.1, 0.15) is 11.9 Å². The molecule has 0 aliphatic carbocycles. The number of rotatable bonds is 2. The Hall–Kier alpha value is -2.91. The fraction of sp³-hybridized carbons (Fsp3) is 0.222. The van der Waals surface area contributed by atoms with Crippen LogP contribution in [-0.4, -0.2) is 18.4 Å². The van der Waals surface area contributed by atoms with Crippen molar-refractivity contribution in [3.05, 3.63) is 65.5 Å². The van der Waals surface area contributed by atoms with E-state index in [9.17, 15) is 4.39 Å². The Bertz CT molecular complexity index is 726. The van der Waals surface area contributed by atoms with Gasteiger partial charge in [-0.05, 0) is 30.2 Å². The Morgan fingerprint density at radius 3 is 2.50 bits per heavy atom. The maximum absolute atomic E-state index is 12.7. The van der Waals surface area contributed by atoms with Gasteiger partial charge in [0.2, 0.25) is 0 Å². The predicted molar refractivity (Wildman–Crippen MR) is 94.3 cm³/mol. The zero-order valence-corrected chi connectivity index (χ0v) is 13.5. The standard InChI is InChI=1S/C10H12N2.C8H7FN2.H2O/c11-10-7-6-9(12-10)8-4-2-1-3-5-8;1-11-7-2-3-8(9)6(4-7)5-10;/h1-5,9H,6-7H2,(H2,11,12);2-4,11H,1H3;1H2/t9-;;/m0../s1. The van der Waals surface area contributed by atoms with Gasteiger partial charge in [-0.1, -0.05) is 30.3 Å². The molecule has 24 heavy (non-hydrogen) atoms. The van der Waals surface area contributed by atoms with Crippen molar-refractivity contribution in [2.75, 3.05) is 12.4 Å². The molecule has 6 heteroatoms. The molecule has 0 amide bonds. The molecule has 0 saturated heterocycles. The lowest BCUT2D eigenvalue weighted by Gasteiger charge is -2.04. The van der Waals surface area contributed by atoms with Crippen LogP contribution in [0.2, 0.25) is 0 Å². The number of nitrogens with two attached hydrogens (primary N) is 1.